The van der Waals surface area contributed by atoms with Crippen LogP contribution < -0.4 is 34.9 Å². The zero-order valence-electron chi connectivity index (χ0n) is 34.8. The van der Waals surface area contributed by atoms with Crippen LogP contribution in [0.5, 0.6) is 11.5 Å². The van der Waals surface area contributed by atoms with Crippen LogP contribution >= 0.6 is 0 Å². The van der Waals surface area contributed by atoms with Crippen LogP contribution in [0.15, 0.2) is 53.6 Å². The first-order chi connectivity index (χ1) is 29.2. The number of carbonyl (C=O) groups excluding carboxylic acids is 4. The number of aromatic nitrogens is 2. The summed E-state index contributed by atoms with van der Waals surface area (Å²) >= 11 is 0. The predicted molar refractivity (Wildman–Crippen MR) is 228 cm³/mol. The molecule has 0 saturated carbocycles. The minimum atomic E-state index is -3.58. The summed E-state index contributed by atoms with van der Waals surface area (Å²) in [5, 5.41) is 2.88. The lowest BCUT2D eigenvalue weighted by Gasteiger charge is -2.39. The number of pyridine rings is 2. The summed E-state index contributed by atoms with van der Waals surface area (Å²) in [5.74, 6) is -0.279. The van der Waals surface area contributed by atoms with Crippen LogP contribution in [0.2, 0.25) is 0 Å². The normalized spacial score (nSPS) is 19.0. The lowest BCUT2D eigenvalue weighted by molar-refractivity contribution is -0.136. The lowest BCUT2D eigenvalue weighted by Crippen LogP contribution is -2.57. The quantitative estimate of drug-likeness (QED) is 0.181. The van der Waals surface area contributed by atoms with E-state index in [4.69, 9.17) is 9.47 Å². The SMILES string of the molecule is COc1cc(-c2cn(C)c(=O)c3cnc(N(C)C)cc23)cc(OC)c1CN1CC(S(=O)(=O)NCCN2CCN(c3ccc4c(c3)C(=O)N(C3CCC(=O)NC3=O)C4=O)CC2)C1. The van der Waals surface area contributed by atoms with Gasteiger partial charge in [0.05, 0.1) is 36.3 Å². The number of piperazine rings is 1. The number of hydrogen-bond acceptors (Lipinski definition) is 14. The predicted octanol–water partition coefficient (Wildman–Crippen LogP) is 1.01. The van der Waals surface area contributed by atoms with E-state index in [1.165, 1.54) is 4.57 Å². The molecule has 2 N–H and O–H groups in total. The standard InChI is InChI=1S/C42H49N9O9S/c1-46(2)37-19-29-31(20-43-37)40(54)47(3)23-32(29)25-16-35(59-4)33(36(17-25)60-5)24-49-21-27(22-49)61(57,58)44-10-11-48-12-14-50(15-13-48)26-6-7-28-30(18-26)42(56)51(41(28)55)34-8-9-38(52)45-39(34)53/h6-7,16-20,23,27,34,44H,8-15,21-22,24H2,1-5H3,(H,45,52,53). The number of imide groups is 2. The topological polar surface area (TPSA) is 196 Å². The Hall–Kier alpha value is -5.89. The molecule has 3 fully saturated rings. The van der Waals surface area contributed by atoms with Crippen LogP contribution in [0.25, 0.3) is 21.9 Å². The number of likely N-dealkylation sites (tertiary alicyclic amines) is 1. The maximum Gasteiger partial charge on any atom is 0.262 e. The number of fused-ring (bicyclic) bond motifs is 2. The summed E-state index contributed by atoms with van der Waals surface area (Å²) in [7, 11) is 5.07. The number of carbonyl (C=O) groups is 4. The Morgan fingerprint density at radius 1 is 0.869 bits per heavy atom. The first kappa shape index (κ1) is 41.8. The number of ether oxygens (including phenoxy) is 2. The van der Waals surface area contributed by atoms with Crippen molar-refractivity contribution in [2.24, 2.45) is 7.05 Å². The third-order valence-corrected chi connectivity index (χ3v) is 13.8. The summed E-state index contributed by atoms with van der Waals surface area (Å²) in [5.41, 5.74) is 3.49. The van der Waals surface area contributed by atoms with Crippen LogP contribution in [-0.2, 0) is 33.2 Å². The third kappa shape index (κ3) is 7.93. The molecular formula is C42H49N9O9S. The Balaban J connectivity index is 0.841. The summed E-state index contributed by atoms with van der Waals surface area (Å²) in [6.45, 7) is 4.49. The van der Waals surface area contributed by atoms with Gasteiger partial charge >= 0.3 is 0 Å². The lowest BCUT2D eigenvalue weighted by atomic mass is 9.98. The first-order valence-corrected chi connectivity index (χ1v) is 21.7. The minimum absolute atomic E-state index is 0.0562. The second-order valence-corrected chi connectivity index (χ2v) is 18.1. The zero-order valence-corrected chi connectivity index (χ0v) is 35.6. The van der Waals surface area contributed by atoms with Crippen molar-refractivity contribution in [2.45, 2.75) is 30.7 Å². The Labute approximate surface area is 353 Å². The van der Waals surface area contributed by atoms with Crippen molar-refractivity contribution < 1.29 is 37.1 Å². The average molecular weight is 856 g/mol. The number of hydrogen-bond donors (Lipinski definition) is 2. The van der Waals surface area contributed by atoms with Gasteiger partial charge in [0.1, 0.15) is 28.6 Å². The van der Waals surface area contributed by atoms with Crippen molar-refractivity contribution in [1.82, 2.24) is 34.3 Å². The molecule has 2 aromatic carbocycles. The molecule has 61 heavy (non-hydrogen) atoms. The maximum atomic E-state index is 13.3. The molecule has 0 bridgehead atoms. The fourth-order valence-corrected chi connectivity index (χ4v) is 9.97. The number of piperidine rings is 1. The minimum Gasteiger partial charge on any atom is -0.496 e. The molecule has 0 spiro atoms. The number of benzene rings is 2. The molecule has 1 atom stereocenters. The van der Waals surface area contributed by atoms with Gasteiger partial charge in [-0.05, 0) is 48.4 Å². The van der Waals surface area contributed by atoms with Gasteiger partial charge in [-0.2, -0.15) is 0 Å². The molecule has 3 saturated heterocycles. The van der Waals surface area contributed by atoms with E-state index in [0.717, 1.165) is 32.7 Å². The number of rotatable bonds is 13. The maximum absolute atomic E-state index is 13.3. The highest BCUT2D eigenvalue weighted by atomic mass is 32.2. The van der Waals surface area contributed by atoms with Crippen molar-refractivity contribution in [1.29, 1.82) is 0 Å². The molecule has 4 amide bonds. The van der Waals surface area contributed by atoms with Gasteiger partial charge < -0.3 is 23.8 Å². The smallest absolute Gasteiger partial charge is 0.262 e. The van der Waals surface area contributed by atoms with E-state index in [1.54, 1.807) is 51.9 Å². The van der Waals surface area contributed by atoms with Crippen molar-refractivity contribution in [3.05, 3.63) is 75.8 Å². The highest BCUT2D eigenvalue weighted by Gasteiger charge is 2.45. The van der Waals surface area contributed by atoms with E-state index in [9.17, 15) is 32.4 Å². The highest BCUT2D eigenvalue weighted by Crippen LogP contribution is 2.39. The zero-order chi connectivity index (χ0) is 43.3. The molecule has 4 aromatic rings. The van der Waals surface area contributed by atoms with Crippen LogP contribution in [0.3, 0.4) is 0 Å². The van der Waals surface area contributed by atoms with Gasteiger partial charge in [0.15, 0.2) is 0 Å². The molecule has 0 radical (unpaired) electrons. The number of nitrogens with one attached hydrogen (secondary N) is 2. The summed E-state index contributed by atoms with van der Waals surface area (Å²) in [6.07, 6.45) is 3.54. The Kier molecular flexibility index (Phi) is 11.3. The largest absolute Gasteiger partial charge is 0.496 e. The van der Waals surface area contributed by atoms with Crippen molar-refractivity contribution >= 4 is 55.9 Å². The van der Waals surface area contributed by atoms with Gasteiger partial charge in [0.2, 0.25) is 21.8 Å². The van der Waals surface area contributed by atoms with E-state index in [2.05, 4.69) is 24.8 Å². The molecule has 4 aliphatic rings. The third-order valence-electron chi connectivity index (χ3n) is 12.1. The first-order valence-electron chi connectivity index (χ1n) is 20.1. The number of anilines is 2. The Morgan fingerprint density at radius 3 is 2.21 bits per heavy atom. The molecule has 6 heterocycles. The van der Waals surface area contributed by atoms with Crippen LogP contribution in [-0.4, -0.2) is 148 Å². The number of aryl methyl sites for hydroxylation is 1. The van der Waals surface area contributed by atoms with Crippen LogP contribution in [0, 0.1) is 0 Å². The van der Waals surface area contributed by atoms with E-state index in [-0.39, 0.29) is 36.1 Å². The second-order valence-electron chi connectivity index (χ2n) is 16.1. The van der Waals surface area contributed by atoms with E-state index < -0.39 is 44.9 Å². The van der Waals surface area contributed by atoms with Gasteiger partial charge in [-0.15, -0.1) is 0 Å². The van der Waals surface area contributed by atoms with Gasteiger partial charge in [-0.1, -0.05) is 0 Å². The molecule has 1 unspecified atom stereocenters. The molecule has 322 valence electrons. The summed E-state index contributed by atoms with van der Waals surface area (Å²) in [4.78, 5) is 77.1. The Morgan fingerprint density at radius 2 is 1.56 bits per heavy atom. The molecule has 8 rings (SSSR count). The van der Waals surface area contributed by atoms with E-state index >= 15 is 0 Å². The molecule has 0 aliphatic carbocycles. The number of methoxy groups -OCH3 is 2. The van der Waals surface area contributed by atoms with E-state index in [0.29, 0.717) is 75.1 Å². The van der Waals surface area contributed by atoms with Gasteiger partial charge in [0, 0.05) is 115 Å². The number of nitrogens with zero attached hydrogens (tertiary/aromatic N) is 7. The van der Waals surface area contributed by atoms with E-state index in [1.807, 2.05) is 42.1 Å². The van der Waals surface area contributed by atoms with Crippen molar-refractivity contribution in [3.63, 3.8) is 0 Å². The van der Waals surface area contributed by atoms with Gasteiger partial charge in [0.25, 0.3) is 17.4 Å². The number of amides is 4. The fourth-order valence-electron chi connectivity index (χ4n) is 8.54. The monoisotopic (exact) mass is 855 g/mol. The number of sulfonamides is 1. The molecule has 19 heteroatoms. The highest BCUT2D eigenvalue weighted by molar-refractivity contribution is 7.90. The van der Waals surface area contributed by atoms with Crippen molar-refractivity contribution in [2.75, 3.05) is 90.5 Å². The Bertz CT molecular complexity index is 2590. The van der Waals surface area contributed by atoms with Gasteiger partial charge in [-0.3, -0.25) is 44.0 Å². The second kappa shape index (κ2) is 16.5. The fraction of sp³-hybridized carbons (Fsp3) is 0.429. The van der Waals surface area contributed by atoms with Crippen molar-refractivity contribution in [3.8, 4) is 22.6 Å². The summed E-state index contributed by atoms with van der Waals surface area (Å²) < 4.78 is 42.7. The molecule has 18 nitrogen and oxygen atoms in total. The summed E-state index contributed by atoms with van der Waals surface area (Å²) in [6, 6.07) is 9.79. The average Bonchev–Trinajstić information content (AvgIpc) is 3.47. The van der Waals surface area contributed by atoms with Crippen LogP contribution in [0.1, 0.15) is 39.1 Å². The van der Waals surface area contributed by atoms with Crippen LogP contribution in [0.4, 0.5) is 11.5 Å². The van der Waals surface area contributed by atoms with Gasteiger partial charge in [-0.25, -0.2) is 18.1 Å². The molecular weight excluding hydrogens is 807 g/mol. The molecule has 4 aliphatic heterocycles. The molecule has 2 aromatic heterocycles.